The summed E-state index contributed by atoms with van der Waals surface area (Å²) in [5.41, 5.74) is -3.64. The monoisotopic (exact) mass is 1770 g/mol. The molecule has 12 atom stereocenters. The van der Waals surface area contributed by atoms with Gasteiger partial charge in [-0.3, -0.25) is 57.5 Å². The van der Waals surface area contributed by atoms with Crippen LogP contribution in [0.25, 0.3) is 0 Å². The summed E-state index contributed by atoms with van der Waals surface area (Å²) in [5, 5.41) is 47.3. The number of hydrogen-bond acceptors (Lipinski definition) is 22. The number of aliphatic carboxylic acids is 1. The number of benzene rings is 4. The van der Waals surface area contributed by atoms with E-state index in [4.69, 9.17) is 33.4 Å². The number of carbonyl (C=O) groups is 14. The van der Waals surface area contributed by atoms with Crippen LogP contribution >= 0.6 is 0 Å². The van der Waals surface area contributed by atoms with Gasteiger partial charge in [0.25, 0.3) is 0 Å². The highest BCUT2D eigenvalue weighted by atomic mass is 16.6. The topological polar surface area (TPSA) is 485 Å². The minimum absolute atomic E-state index is 0.230. The summed E-state index contributed by atoms with van der Waals surface area (Å²) in [7, 11) is 0. The molecule has 35 heteroatoms. The van der Waals surface area contributed by atoms with Crippen molar-refractivity contribution in [1.82, 2.24) is 68.0 Å². The first-order chi connectivity index (χ1) is 58.9. The zero-order valence-corrected chi connectivity index (χ0v) is 77.3. The van der Waals surface area contributed by atoms with Gasteiger partial charge in [0.05, 0.1) is 67.2 Å². The van der Waals surface area contributed by atoms with E-state index < -0.39 is 240 Å². The second-order valence-electron chi connectivity index (χ2n) is 37.4. The molecule has 0 saturated heterocycles. The summed E-state index contributed by atoms with van der Waals surface area (Å²) in [5.74, 6) is -14.3. The van der Waals surface area contributed by atoms with Gasteiger partial charge in [-0.2, -0.15) is 0 Å². The second kappa shape index (κ2) is 46.7. The maximum absolute atomic E-state index is 15.3. The molecular weight excluding hydrogens is 1640 g/mol. The number of aliphatic hydroxyl groups excluding tert-OH is 1. The summed E-state index contributed by atoms with van der Waals surface area (Å²) >= 11 is 0. The number of alkyl carbamates (subject to hydrolysis) is 1. The summed E-state index contributed by atoms with van der Waals surface area (Å²) < 4.78 is 37.2. The Morgan fingerprint density at radius 3 is 1.28 bits per heavy atom. The van der Waals surface area contributed by atoms with Gasteiger partial charge in [0.15, 0.2) is 0 Å². The Balaban J connectivity index is 1.46. The third kappa shape index (κ3) is 35.9. The minimum Gasteiger partial charge on any atom is -0.480 e. The van der Waals surface area contributed by atoms with Crippen LogP contribution in [0.3, 0.4) is 0 Å². The van der Waals surface area contributed by atoms with Crippen LogP contribution in [-0.2, 0) is 109 Å². The summed E-state index contributed by atoms with van der Waals surface area (Å²) in [6.07, 6.45) is -2.26. The number of esters is 2. The van der Waals surface area contributed by atoms with E-state index >= 15 is 14.4 Å². The highest BCUT2D eigenvalue weighted by molar-refractivity contribution is 6.00. The van der Waals surface area contributed by atoms with Crippen molar-refractivity contribution in [3.63, 3.8) is 0 Å². The Labute approximate surface area is 744 Å². The average molecular weight is 1770 g/mol. The highest BCUT2D eigenvalue weighted by Crippen LogP contribution is 2.41. The Hall–Kier alpha value is -11.7. The van der Waals surface area contributed by atoms with Crippen molar-refractivity contribution in [3.05, 3.63) is 162 Å². The normalized spacial score (nSPS) is 15.0. The zero-order valence-electron chi connectivity index (χ0n) is 77.3. The fourth-order valence-corrected chi connectivity index (χ4v) is 13.3. The van der Waals surface area contributed by atoms with Crippen LogP contribution in [0.5, 0.6) is 0 Å². The molecule has 35 nitrogen and oxygen atoms in total. The van der Waals surface area contributed by atoms with Crippen LogP contribution in [0.4, 0.5) is 4.79 Å². The van der Waals surface area contributed by atoms with Crippen LogP contribution in [0.1, 0.15) is 206 Å². The lowest BCUT2D eigenvalue weighted by molar-refractivity contribution is -0.157. The molecule has 127 heavy (non-hydrogen) atoms. The van der Waals surface area contributed by atoms with Gasteiger partial charge in [-0.15, -0.1) is 0 Å². The highest BCUT2D eigenvalue weighted by Gasteiger charge is 2.43. The lowest BCUT2D eigenvalue weighted by Crippen LogP contribution is -2.64. The molecule has 4 aromatic carbocycles. The molecule has 0 aliphatic heterocycles. The lowest BCUT2D eigenvalue weighted by atomic mass is 9.77. The Morgan fingerprint density at radius 2 is 0.811 bits per heavy atom. The lowest BCUT2D eigenvalue weighted by Gasteiger charge is -2.37. The molecule has 0 bridgehead atoms. The summed E-state index contributed by atoms with van der Waals surface area (Å²) in [6.45, 7) is 34.2. The van der Waals surface area contributed by atoms with Crippen molar-refractivity contribution in [3.8, 4) is 0 Å². The number of carboxylic acid groups (broad SMARTS) is 1. The molecule has 11 amide bonds. The van der Waals surface area contributed by atoms with E-state index in [1.165, 1.54) is 34.6 Å². The molecule has 0 radical (unpaired) electrons. The SMILES string of the molecule is CC(C)[C@H](NC(=O)[C@H](CC(=O)OC(C)(C)C)NC(=O)[C@H](COC(C)(C)C)NC(=O)[C@@H](NC(=O)[C@H](Cc1ccccc1)NC(=O)[C@@H](NC(=O)CNC(=O)[C@H](CCC(=O)OC(C)(C)C)NC(=O)[C@H](C)NC(=O)[C@H](Cc1cn(C(c2ccccc2)(c2ccccc2)c2ccccc2)cn1)NC(=O)OC(C)(C)C)[C@@H](C)OC(C)(C)C)[C@@H](C)OC(C)(C)C)C(=O)N[C@@H](CO)C(=O)O. The third-order valence-corrected chi connectivity index (χ3v) is 18.8. The van der Waals surface area contributed by atoms with E-state index in [0.29, 0.717) is 11.3 Å². The van der Waals surface area contributed by atoms with Gasteiger partial charge in [0.1, 0.15) is 82.8 Å². The van der Waals surface area contributed by atoms with Crippen LogP contribution in [0.2, 0.25) is 0 Å². The Bertz CT molecular complexity index is 4430. The zero-order chi connectivity index (χ0) is 95.5. The Kier molecular flexibility index (Phi) is 38.9. The number of imidazole rings is 1. The van der Waals surface area contributed by atoms with E-state index in [1.54, 1.807) is 167 Å². The number of amides is 11. The molecule has 698 valence electrons. The van der Waals surface area contributed by atoms with Crippen molar-refractivity contribution in [1.29, 1.82) is 0 Å². The van der Waals surface area contributed by atoms with E-state index in [-0.39, 0.29) is 12.8 Å². The third-order valence-electron chi connectivity index (χ3n) is 18.8. The summed E-state index contributed by atoms with van der Waals surface area (Å²) in [6, 6.07) is 21.2. The number of carbonyl (C=O) groups excluding carboxylic acids is 13. The number of carboxylic acids is 1. The van der Waals surface area contributed by atoms with Gasteiger partial charge >= 0.3 is 24.0 Å². The summed E-state index contributed by atoms with van der Waals surface area (Å²) in [4.78, 5) is 204. The maximum atomic E-state index is 15.3. The molecular formula is C92H133N13O22. The van der Waals surface area contributed by atoms with Gasteiger partial charge in [-0.05, 0) is 180 Å². The van der Waals surface area contributed by atoms with Gasteiger partial charge in [-0.1, -0.05) is 135 Å². The first-order valence-corrected chi connectivity index (χ1v) is 42.4. The number of rotatable bonds is 43. The first kappa shape index (κ1) is 106. The fourth-order valence-electron chi connectivity index (χ4n) is 13.3. The van der Waals surface area contributed by atoms with E-state index in [2.05, 4.69) is 58.5 Å². The molecule has 5 aromatic rings. The second-order valence-corrected chi connectivity index (χ2v) is 37.4. The number of aliphatic hydroxyl groups is 1. The van der Waals surface area contributed by atoms with Gasteiger partial charge < -0.3 is 102 Å². The first-order valence-electron chi connectivity index (χ1n) is 42.4. The quantitative estimate of drug-likeness (QED) is 0.0126. The molecule has 1 aromatic heterocycles. The smallest absolute Gasteiger partial charge is 0.408 e. The molecule has 0 unspecified atom stereocenters. The standard InChI is InChI=1S/C92H133N13O22/c1-54(2)72(81(116)99-67(51-106)84(119)120)103-79(114)66(48-71(109)126-90(18,19)20)97-80(115)68(52-122-86(6,7)8)100-83(118)74(57(5)124-88(12,13)14)104-78(113)64(46-58-36-28-24-29-37-58)98-82(117)73(56(4)123-87(9,10)11)102-69(107)49-93-76(111)63(44-45-70(108)125-89(15,16)17)96-75(110)55(3)95-77(112)65(101-85(121)127-91(21,22)23)47-62-50-105(53-94-62)92(59-38-30-25-31-39-59,60-40-32-26-33-41-60)61-42-34-27-35-43-61/h24-43,50,53-57,63-68,72-74,106H,44-49,51-52H2,1-23H3,(H,93,111)(H,95,112)(H,96,110)(H,97,115)(H,98,117)(H,99,116)(H,100,118)(H,101,121)(H,102,107)(H,103,114)(H,104,113)(H,119,120)/t55-,56+,57+,63-,64-,65-,66-,67-,68-,72-,73-,74-/m0/s1. The van der Waals surface area contributed by atoms with Crippen molar-refractivity contribution in [2.24, 2.45) is 5.92 Å². The average Bonchev–Trinajstić information content (AvgIpc) is 1.72. The van der Waals surface area contributed by atoms with Gasteiger partial charge in [-0.25, -0.2) is 14.6 Å². The van der Waals surface area contributed by atoms with E-state index in [1.807, 2.05) is 95.6 Å². The number of nitrogens with zero attached hydrogens (tertiary/aromatic N) is 2. The van der Waals surface area contributed by atoms with E-state index in [9.17, 15) is 63.0 Å². The molecule has 13 N–H and O–H groups in total. The predicted molar refractivity (Wildman–Crippen MR) is 471 cm³/mol. The largest absolute Gasteiger partial charge is 0.480 e. The molecule has 0 saturated carbocycles. The maximum Gasteiger partial charge on any atom is 0.408 e. The van der Waals surface area contributed by atoms with Crippen molar-refractivity contribution >= 4 is 83.1 Å². The molecule has 1 heterocycles. The Morgan fingerprint density at radius 1 is 0.402 bits per heavy atom. The van der Waals surface area contributed by atoms with Crippen molar-refractivity contribution in [2.75, 3.05) is 19.8 Å². The molecule has 0 fully saturated rings. The predicted octanol–water partition coefficient (Wildman–Crippen LogP) is 5.71. The number of ether oxygens (including phenoxy) is 6. The van der Waals surface area contributed by atoms with Crippen molar-refractivity contribution < 1.29 is 106 Å². The van der Waals surface area contributed by atoms with Gasteiger partial charge in [0, 0.05) is 25.5 Å². The fraction of sp³-hybridized carbons (Fsp3) is 0.554. The molecule has 5 rings (SSSR count). The van der Waals surface area contributed by atoms with Crippen LogP contribution in [0, 0.1) is 5.92 Å². The van der Waals surface area contributed by atoms with Crippen LogP contribution < -0.4 is 58.5 Å². The van der Waals surface area contributed by atoms with E-state index in [0.717, 1.165) is 16.7 Å². The molecule has 0 spiro atoms. The van der Waals surface area contributed by atoms with Crippen LogP contribution in [0.15, 0.2) is 134 Å². The number of hydrogen-bond donors (Lipinski definition) is 13. The molecule has 0 aliphatic carbocycles. The number of aromatic nitrogens is 2. The van der Waals surface area contributed by atoms with Crippen molar-refractivity contribution in [2.45, 2.75) is 303 Å². The number of nitrogens with one attached hydrogen (secondary N) is 11. The van der Waals surface area contributed by atoms with Crippen LogP contribution in [-0.4, -0.2) is 229 Å². The molecule has 0 aliphatic rings. The van der Waals surface area contributed by atoms with Gasteiger partial charge in [0.2, 0.25) is 59.1 Å². The minimum atomic E-state index is -1.86.